The minimum atomic E-state index is -0.0561. The smallest absolute Gasteiger partial charge is 0.224 e. The molecule has 19 heavy (non-hydrogen) atoms. The van der Waals surface area contributed by atoms with Gasteiger partial charge in [-0.3, -0.25) is 4.79 Å². The number of nitrogens with zero attached hydrogens (tertiary/aromatic N) is 2. The van der Waals surface area contributed by atoms with Crippen LogP contribution in [0.1, 0.15) is 49.7 Å². The van der Waals surface area contributed by atoms with Crippen LogP contribution in [0.4, 0.5) is 0 Å². The number of likely N-dealkylation sites (tertiary alicyclic amines) is 1. The minimum Gasteiger partial charge on any atom is -0.342 e. The molecule has 106 valence electrons. The lowest BCUT2D eigenvalue weighted by Crippen LogP contribution is -2.41. The van der Waals surface area contributed by atoms with Crippen LogP contribution >= 0.6 is 11.3 Å². The molecule has 2 unspecified atom stereocenters. The zero-order chi connectivity index (χ0) is 13.8. The van der Waals surface area contributed by atoms with Gasteiger partial charge in [-0.05, 0) is 26.2 Å². The standard InChI is InChI=1S/C14H23N3OS/c1-3-12-9-19-14(16-12)11-5-4-6-17(8-11)13(18)7-10(2)15/h9-11H,3-8,15H2,1-2H3. The molecule has 1 amide bonds. The van der Waals surface area contributed by atoms with E-state index < -0.39 is 0 Å². The first-order valence-electron chi connectivity index (χ1n) is 7.07. The number of nitrogens with two attached hydrogens (primary N) is 1. The van der Waals surface area contributed by atoms with Gasteiger partial charge in [0.1, 0.15) is 0 Å². The van der Waals surface area contributed by atoms with Gasteiger partial charge in [0.2, 0.25) is 5.91 Å². The molecular formula is C14H23N3OS. The summed E-state index contributed by atoms with van der Waals surface area (Å²) in [4.78, 5) is 18.7. The predicted octanol–water partition coefficient (Wildman–Crippen LogP) is 2.15. The van der Waals surface area contributed by atoms with Crippen LogP contribution in [0.15, 0.2) is 5.38 Å². The van der Waals surface area contributed by atoms with Gasteiger partial charge in [0.15, 0.2) is 0 Å². The van der Waals surface area contributed by atoms with Gasteiger partial charge >= 0.3 is 0 Å². The number of amides is 1. The molecule has 1 saturated heterocycles. The summed E-state index contributed by atoms with van der Waals surface area (Å²) in [6.07, 6.45) is 3.64. The van der Waals surface area contributed by atoms with Crippen molar-refractivity contribution in [3.63, 3.8) is 0 Å². The molecule has 0 aliphatic carbocycles. The Bertz CT molecular complexity index is 430. The fraction of sp³-hybridized carbons (Fsp3) is 0.714. The van der Waals surface area contributed by atoms with Crippen LogP contribution < -0.4 is 5.73 Å². The van der Waals surface area contributed by atoms with E-state index in [4.69, 9.17) is 5.73 Å². The van der Waals surface area contributed by atoms with Crippen LogP contribution in [0.25, 0.3) is 0 Å². The summed E-state index contributed by atoms with van der Waals surface area (Å²) in [5.41, 5.74) is 6.88. The number of thiazole rings is 1. The Kier molecular flexibility index (Phi) is 4.93. The van der Waals surface area contributed by atoms with Crippen molar-refractivity contribution in [3.05, 3.63) is 16.1 Å². The quantitative estimate of drug-likeness (QED) is 0.920. The first-order valence-corrected chi connectivity index (χ1v) is 7.95. The lowest BCUT2D eigenvalue weighted by molar-refractivity contribution is -0.132. The molecule has 0 radical (unpaired) electrons. The summed E-state index contributed by atoms with van der Waals surface area (Å²) in [6.45, 7) is 5.68. The highest BCUT2D eigenvalue weighted by molar-refractivity contribution is 7.09. The molecular weight excluding hydrogens is 258 g/mol. The van der Waals surface area contributed by atoms with Crippen molar-refractivity contribution in [2.24, 2.45) is 5.73 Å². The third kappa shape index (κ3) is 3.76. The number of hydrogen-bond donors (Lipinski definition) is 1. The van der Waals surface area contributed by atoms with Gasteiger partial charge in [-0.1, -0.05) is 6.92 Å². The maximum Gasteiger partial charge on any atom is 0.224 e. The van der Waals surface area contributed by atoms with E-state index in [-0.39, 0.29) is 11.9 Å². The van der Waals surface area contributed by atoms with Crippen molar-refractivity contribution in [1.29, 1.82) is 0 Å². The molecule has 5 heteroatoms. The van der Waals surface area contributed by atoms with E-state index in [1.807, 2.05) is 11.8 Å². The lowest BCUT2D eigenvalue weighted by atomic mass is 9.98. The van der Waals surface area contributed by atoms with Crippen molar-refractivity contribution in [2.75, 3.05) is 13.1 Å². The van der Waals surface area contributed by atoms with E-state index in [9.17, 15) is 4.79 Å². The third-order valence-corrected chi connectivity index (χ3v) is 4.61. The highest BCUT2D eigenvalue weighted by Crippen LogP contribution is 2.29. The number of hydrogen-bond acceptors (Lipinski definition) is 4. The Morgan fingerprint density at radius 1 is 1.68 bits per heavy atom. The second-order valence-corrected chi connectivity index (χ2v) is 6.28. The third-order valence-electron chi connectivity index (χ3n) is 3.55. The Labute approximate surface area is 119 Å². The second-order valence-electron chi connectivity index (χ2n) is 5.39. The van der Waals surface area contributed by atoms with Gasteiger partial charge in [0.25, 0.3) is 0 Å². The summed E-state index contributed by atoms with van der Waals surface area (Å²) < 4.78 is 0. The van der Waals surface area contributed by atoms with Crippen LogP contribution in [-0.4, -0.2) is 34.9 Å². The van der Waals surface area contributed by atoms with Crippen molar-refractivity contribution in [3.8, 4) is 0 Å². The van der Waals surface area contributed by atoms with Gasteiger partial charge in [-0.2, -0.15) is 0 Å². The van der Waals surface area contributed by atoms with Crippen molar-refractivity contribution >= 4 is 17.2 Å². The summed E-state index contributed by atoms with van der Waals surface area (Å²) in [7, 11) is 0. The van der Waals surface area contributed by atoms with Crippen molar-refractivity contribution < 1.29 is 4.79 Å². The summed E-state index contributed by atoms with van der Waals surface area (Å²) in [5.74, 6) is 0.600. The molecule has 0 bridgehead atoms. The van der Waals surface area contributed by atoms with Gasteiger partial charge in [-0.15, -0.1) is 11.3 Å². The molecule has 1 aromatic heterocycles. The average molecular weight is 281 g/mol. The maximum atomic E-state index is 12.1. The van der Waals surface area contributed by atoms with E-state index in [1.54, 1.807) is 11.3 Å². The Balaban J connectivity index is 1.98. The zero-order valence-electron chi connectivity index (χ0n) is 11.8. The largest absolute Gasteiger partial charge is 0.342 e. The lowest BCUT2D eigenvalue weighted by Gasteiger charge is -2.32. The number of aromatic nitrogens is 1. The molecule has 1 aliphatic rings. The van der Waals surface area contributed by atoms with E-state index in [2.05, 4.69) is 17.3 Å². The molecule has 2 atom stereocenters. The topological polar surface area (TPSA) is 59.2 Å². The van der Waals surface area contributed by atoms with Gasteiger partial charge in [-0.25, -0.2) is 4.98 Å². The fourth-order valence-corrected chi connectivity index (χ4v) is 3.51. The molecule has 1 aliphatic heterocycles. The molecule has 1 fully saturated rings. The van der Waals surface area contributed by atoms with Crippen LogP contribution in [0.2, 0.25) is 0 Å². The molecule has 2 rings (SSSR count). The van der Waals surface area contributed by atoms with Crippen LogP contribution in [0.3, 0.4) is 0 Å². The maximum absolute atomic E-state index is 12.1. The molecule has 1 aromatic rings. The Morgan fingerprint density at radius 3 is 3.11 bits per heavy atom. The first-order chi connectivity index (χ1) is 9.10. The SMILES string of the molecule is CCc1csc(C2CCCN(C(=O)CC(C)N)C2)n1. The number of aryl methyl sites for hydroxylation is 1. The van der Waals surface area contributed by atoms with Crippen molar-refractivity contribution in [1.82, 2.24) is 9.88 Å². The Morgan fingerprint density at radius 2 is 2.47 bits per heavy atom. The van der Waals surface area contributed by atoms with Gasteiger partial charge in [0.05, 0.1) is 10.7 Å². The molecule has 0 spiro atoms. The van der Waals surface area contributed by atoms with E-state index in [1.165, 1.54) is 10.7 Å². The predicted molar refractivity (Wildman–Crippen MR) is 78.3 cm³/mol. The number of rotatable bonds is 4. The minimum absolute atomic E-state index is 0.0561. The highest BCUT2D eigenvalue weighted by Gasteiger charge is 2.26. The number of carbonyl (C=O) groups is 1. The average Bonchev–Trinajstić information content (AvgIpc) is 2.87. The fourth-order valence-electron chi connectivity index (χ4n) is 2.48. The first kappa shape index (κ1) is 14.5. The zero-order valence-corrected chi connectivity index (χ0v) is 12.6. The number of carbonyl (C=O) groups excluding carboxylic acids is 1. The van der Waals surface area contributed by atoms with Gasteiger partial charge in [0, 0.05) is 36.9 Å². The van der Waals surface area contributed by atoms with Crippen LogP contribution in [0, 0.1) is 0 Å². The van der Waals surface area contributed by atoms with Crippen LogP contribution in [0.5, 0.6) is 0 Å². The number of piperidine rings is 1. The Hall–Kier alpha value is -0.940. The van der Waals surface area contributed by atoms with Crippen LogP contribution in [-0.2, 0) is 11.2 Å². The molecule has 2 N–H and O–H groups in total. The van der Waals surface area contributed by atoms with E-state index in [0.29, 0.717) is 12.3 Å². The second kappa shape index (κ2) is 6.48. The normalized spacial score (nSPS) is 21.4. The monoisotopic (exact) mass is 281 g/mol. The summed E-state index contributed by atoms with van der Waals surface area (Å²) in [6, 6.07) is -0.0561. The van der Waals surface area contributed by atoms with E-state index >= 15 is 0 Å². The van der Waals surface area contributed by atoms with E-state index in [0.717, 1.165) is 32.4 Å². The molecule has 4 nitrogen and oxygen atoms in total. The molecule has 2 heterocycles. The summed E-state index contributed by atoms with van der Waals surface area (Å²) in [5, 5.41) is 3.33. The molecule has 0 aromatic carbocycles. The highest BCUT2D eigenvalue weighted by atomic mass is 32.1. The van der Waals surface area contributed by atoms with Crippen molar-refractivity contribution in [2.45, 2.75) is 51.5 Å². The summed E-state index contributed by atoms with van der Waals surface area (Å²) >= 11 is 1.73. The van der Waals surface area contributed by atoms with Gasteiger partial charge < -0.3 is 10.6 Å². The molecule has 0 saturated carbocycles.